The van der Waals surface area contributed by atoms with E-state index in [2.05, 4.69) is 22.3 Å². The van der Waals surface area contributed by atoms with E-state index in [1.807, 2.05) is 39.2 Å². The van der Waals surface area contributed by atoms with Crippen LogP contribution in [0.25, 0.3) is 0 Å². The average Bonchev–Trinajstić information content (AvgIpc) is 2.77. The van der Waals surface area contributed by atoms with Gasteiger partial charge in [-0.05, 0) is 63.0 Å². The molecular formula is C24H32ClN3O3S. The Hall–Kier alpha value is -1.93. The molecule has 1 fully saturated rings. The summed E-state index contributed by atoms with van der Waals surface area (Å²) >= 11 is 6.26. The number of nitrogens with zero attached hydrogens (tertiary/aromatic N) is 2. The molecule has 2 atom stereocenters. The molecule has 1 aliphatic heterocycles. The molecular weight excluding hydrogens is 446 g/mol. The van der Waals surface area contributed by atoms with E-state index in [9.17, 15) is 13.2 Å². The summed E-state index contributed by atoms with van der Waals surface area (Å²) in [6.45, 7) is 3.43. The number of nitrogens with one attached hydrogen (secondary N) is 1. The summed E-state index contributed by atoms with van der Waals surface area (Å²) in [4.78, 5) is 14.9. The predicted octanol–water partition coefficient (Wildman–Crippen LogP) is 3.66. The van der Waals surface area contributed by atoms with Gasteiger partial charge in [-0.3, -0.25) is 4.79 Å². The van der Waals surface area contributed by atoms with Crippen LogP contribution in [0, 0.1) is 5.92 Å². The second-order valence-corrected chi connectivity index (χ2v) is 11.1. The van der Waals surface area contributed by atoms with E-state index < -0.39 is 10.0 Å². The highest BCUT2D eigenvalue weighted by molar-refractivity contribution is 7.89. The molecule has 0 bridgehead atoms. The SMILES string of the molecule is CC1CCCN(S(=O)(=O)c2cc(C(=O)NCC(Cc3ccccc3)N(C)C)ccc2Cl)C1. The second kappa shape index (κ2) is 10.8. The number of carbonyl (C=O) groups excluding carboxylic acids is 1. The van der Waals surface area contributed by atoms with Crippen LogP contribution in [-0.4, -0.2) is 63.3 Å². The van der Waals surface area contributed by atoms with Crippen LogP contribution in [0.2, 0.25) is 5.02 Å². The number of benzene rings is 2. The number of carbonyl (C=O) groups is 1. The summed E-state index contributed by atoms with van der Waals surface area (Å²) in [5, 5.41) is 3.09. The third-order valence-corrected chi connectivity index (χ3v) is 8.32. The summed E-state index contributed by atoms with van der Waals surface area (Å²) in [5.74, 6) is -0.0126. The number of halogens is 1. The zero-order valence-corrected chi connectivity index (χ0v) is 20.5. The monoisotopic (exact) mass is 477 g/mol. The lowest BCUT2D eigenvalue weighted by Crippen LogP contribution is -2.41. The number of hydrogen-bond acceptors (Lipinski definition) is 4. The maximum atomic E-state index is 13.2. The molecule has 1 N–H and O–H groups in total. The molecule has 8 heteroatoms. The van der Waals surface area contributed by atoms with Crippen molar-refractivity contribution in [1.29, 1.82) is 0 Å². The smallest absolute Gasteiger partial charge is 0.251 e. The first-order valence-corrected chi connectivity index (χ1v) is 12.8. The highest BCUT2D eigenvalue weighted by atomic mass is 35.5. The molecule has 2 aromatic rings. The number of hydrogen-bond donors (Lipinski definition) is 1. The zero-order chi connectivity index (χ0) is 23.3. The van der Waals surface area contributed by atoms with Crippen LogP contribution in [0.5, 0.6) is 0 Å². The number of rotatable bonds is 8. The van der Waals surface area contributed by atoms with E-state index in [0.29, 0.717) is 25.6 Å². The summed E-state index contributed by atoms with van der Waals surface area (Å²) in [6.07, 6.45) is 2.63. The first-order chi connectivity index (χ1) is 15.2. The largest absolute Gasteiger partial charge is 0.350 e. The predicted molar refractivity (Wildman–Crippen MR) is 129 cm³/mol. The van der Waals surface area contributed by atoms with Crippen molar-refractivity contribution in [1.82, 2.24) is 14.5 Å². The standard InChI is InChI=1S/C24H32ClN3O3S/c1-18-8-7-13-28(17-18)32(30,31)23-15-20(11-12-22(23)25)24(29)26-16-21(27(2)3)14-19-9-5-4-6-10-19/h4-6,9-12,15,18,21H,7-8,13-14,16-17H2,1-3H3,(H,26,29). The minimum Gasteiger partial charge on any atom is -0.350 e. The lowest BCUT2D eigenvalue weighted by molar-refractivity contribution is 0.0941. The molecule has 0 aliphatic carbocycles. The van der Waals surface area contributed by atoms with E-state index >= 15 is 0 Å². The Morgan fingerprint density at radius 3 is 2.59 bits per heavy atom. The fourth-order valence-electron chi connectivity index (χ4n) is 3.98. The van der Waals surface area contributed by atoms with E-state index in [1.54, 1.807) is 6.07 Å². The first-order valence-electron chi connectivity index (χ1n) is 11.0. The maximum absolute atomic E-state index is 13.2. The lowest BCUT2D eigenvalue weighted by Gasteiger charge is -2.30. The summed E-state index contributed by atoms with van der Waals surface area (Å²) < 4.78 is 27.9. The number of amides is 1. The molecule has 32 heavy (non-hydrogen) atoms. The highest BCUT2D eigenvalue weighted by Crippen LogP contribution is 2.29. The molecule has 0 radical (unpaired) electrons. The normalized spacial score (nSPS) is 18.5. The van der Waals surface area contributed by atoms with E-state index in [-0.39, 0.29) is 27.4 Å². The molecule has 1 saturated heterocycles. The van der Waals surface area contributed by atoms with Crippen LogP contribution in [0.4, 0.5) is 0 Å². The van der Waals surface area contributed by atoms with E-state index in [1.165, 1.54) is 22.0 Å². The Morgan fingerprint density at radius 2 is 1.94 bits per heavy atom. The van der Waals surface area contributed by atoms with Crippen molar-refractivity contribution in [2.75, 3.05) is 33.7 Å². The Labute approximate surface area is 196 Å². The van der Waals surface area contributed by atoms with Gasteiger partial charge in [-0.1, -0.05) is 48.9 Å². The van der Waals surface area contributed by atoms with E-state index in [4.69, 9.17) is 11.6 Å². The topological polar surface area (TPSA) is 69.7 Å². The minimum atomic E-state index is -3.75. The van der Waals surface area contributed by atoms with Crippen molar-refractivity contribution in [3.05, 3.63) is 64.7 Å². The number of piperidine rings is 1. The molecule has 1 heterocycles. The van der Waals surface area contributed by atoms with Crippen molar-refractivity contribution in [2.45, 2.75) is 37.1 Å². The van der Waals surface area contributed by atoms with Crippen LogP contribution in [0.3, 0.4) is 0 Å². The minimum absolute atomic E-state index is 0.00522. The van der Waals surface area contributed by atoms with Gasteiger partial charge in [-0.2, -0.15) is 4.31 Å². The molecule has 1 amide bonds. The Bertz CT molecular complexity index is 1030. The van der Waals surface area contributed by atoms with Gasteiger partial charge in [0.1, 0.15) is 4.90 Å². The fourth-order valence-corrected chi connectivity index (χ4v) is 6.08. The summed E-state index contributed by atoms with van der Waals surface area (Å²) in [6, 6.07) is 14.7. The van der Waals surface area contributed by atoms with Crippen molar-refractivity contribution in [2.24, 2.45) is 5.92 Å². The van der Waals surface area contributed by atoms with Crippen molar-refractivity contribution in [3.63, 3.8) is 0 Å². The van der Waals surface area contributed by atoms with Crippen LogP contribution in [-0.2, 0) is 16.4 Å². The van der Waals surface area contributed by atoms with Gasteiger partial charge < -0.3 is 10.2 Å². The van der Waals surface area contributed by atoms with Crippen LogP contribution in [0.15, 0.2) is 53.4 Å². The molecule has 2 aromatic carbocycles. The summed E-state index contributed by atoms with van der Waals surface area (Å²) in [7, 11) is 0.203. The third-order valence-electron chi connectivity index (χ3n) is 5.97. The second-order valence-electron chi connectivity index (χ2n) is 8.77. The molecule has 0 spiro atoms. The Kier molecular flexibility index (Phi) is 8.33. The first kappa shape index (κ1) is 24.7. The van der Waals surface area contributed by atoms with Gasteiger partial charge in [0.05, 0.1) is 5.02 Å². The molecule has 1 aliphatic rings. The van der Waals surface area contributed by atoms with Crippen LogP contribution >= 0.6 is 11.6 Å². The Balaban J connectivity index is 1.73. The molecule has 0 saturated carbocycles. The Morgan fingerprint density at radius 1 is 1.22 bits per heavy atom. The van der Waals surface area contributed by atoms with Gasteiger partial charge in [0, 0.05) is 31.2 Å². The highest BCUT2D eigenvalue weighted by Gasteiger charge is 2.31. The van der Waals surface area contributed by atoms with Crippen molar-refractivity contribution >= 4 is 27.5 Å². The van der Waals surface area contributed by atoms with Gasteiger partial charge in [0.15, 0.2) is 0 Å². The molecule has 2 unspecified atom stereocenters. The fraction of sp³-hybridized carbons (Fsp3) is 0.458. The average molecular weight is 478 g/mol. The van der Waals surface area contributed by atoms with Crippen LogP contribution in [0.1, 0.15) is 35.7 Å². The summed E-state index contributed by atoms with van der Waals surface area (Å²) in [5.41, 5.74) is 1.48. The number of likely N-dealkylation sites (N-methyl/N-ethyl adjacent to an activating group) is 1. The van der Waals surface area contributed by atoms with Gasteiger partial charge >= 0.3 is 0 Å². The third kappa shape index (κ3) is 6.10. The van der Waals surface area contributed by atoms with Gasteiger partial charge in [0.25, 0.3) is 5.91 Å². The lowest BCUT2D eigenvalue weighted by atomic mass is 10.0. The maximum Gasteiger partial charge on any atom is 0.251 e. The van der Waals surface area contributed by atoms with Gasteiger partial charge in [-0.25, -0.2) is 8.42 Å². The van der Waals surface area contributed by atoms with E-state index in [0.717, 1.165) is 19.3 Å². The number of sulfonamides is 1. The van der Waals surface area contributed by atoms with Crippen molar-refractivity contribution in [3.8, 4) is 0 Å². The van der Waals surface area contributed by atoms with Crippen molar-refractivity contribution < 1.29 is 13.2 Å². The van der Waals surface area contributed by atoms with Gasteiger partial charge in [-0.15, -0.1) is 0 Å². The molecule has 6 nitrogen and oxygen atoms in total. The molecule has 174 valence electrons. The molecule has 0 aromatic heterocycles. The van der Waals surface area contributed by atoms with Gasteiger partial charge in [0.2, 0.25) is 10.0 Å². The quantitative estimate of drug-likeness (QED) is 0.629. The van der Waals surface area contributed by atoms with Crippen LogP contribution < -0.4 is 5.32 Å². The molecule has 3 rings (SSSR count). The zero-order valence-electron chi connectivity index (χ0n) is 18.9.